The molecular weight excluding hydrogens is 200 g/mol. The first-order valence-corrected chi connectivity index (χ1v) is 6.77. The van der Waals surface area contributed by atoms with Gasteiger partial charge >= 0.3 is 0 Å². The normalized spacial score (nSPS) is 42.7. The Bertz CT molecular complexity index is 288. The van der Waals surface area contributed by atoms with Crippen molar-refractivity contribution in [3.8, 4) is 0 Å². The van der Waals surface area contributed by atoms with E-state index in [1.165, 1.54) is 25.7 Å². The van der Waals surface area contributed by atoms with Crippen molar-refractivity contribution in [2.75, 3.05) is 19.6 Å². The molecule has 1 N–H and O–H groups in total. The van der Waals surface area contributed by atoms with E-state index in [2.05, 4.69) is 17.1 Å². The number of piperazine rings is 1. The summed E-state index contributed by atoms with van der Waals surface area (Å²) in [5, 5.41) is 3.35. The summed E-state index contributed by atoms with van der Waals surface area (Å²) in [4.78, 5) is 14.6. The number of fused-ring (bicyclic) bond motifs is 2. The Hall–Kier alpha value is -0.570. The summed E-state index contributed by atoms with van der Waals surface area (Å²) in [6.07, 6.45) is 5.20. The molecule has 4 unspecified atom stereocenters. The molecule has 3 rings (SSSR count). The molecule has 1 heterocycles. The van der Waals surface area contributed by atoms with Gasteiger partial charge in [-0.15, -0.1) is 0 Å². The molecule has 3 heteroatoms. The largest absolute Gasteiger partial charge is 0.337 e. The summed E-state index contributed by atoms with van der Waals surface area (Å²) >= 11 is 0. The predicted octanol–water partition coefficient (Wildman–Crippen LogP) is 1.24. The molecule has 2 aliphatic carbocycles. The van der Waals surface area contributed by atoms with Gasteiger partial charge in [-0.05, 0) is 38.0 Å². The fourth-order valence-corrected chi connectivity index (χ4v) is 3.93. The lowest BCUT2D eigenvalue weighted by molar-refractivity contribution is -0.140. The third-order valence-electron chi connectivity index (χ3n) is 4.84. The van der Waals surface area contributed by atoms with E-state index in [9.17, 15) is 4.79 Å². The second-order valence-electron chi connectivity index (χ2n) is 5.87. The van der Waals surface area contributed by atoms with Gasteiger partial charge in [-0.25, -0.2) is 0 Å². The minimum Gasteiger partial charge on any atom is -0.337 e. The summed E-state index contributed by atoms with van der Waals surface area (Å²) in [6, 6.07) is 0.389. The van der Waals surface area contributed by atoms with Crippen molar-refractivity contribution in [1.82, 2.24) is 10.2 Å². The molecule has 3 fully saturated rings. The van der Waals surface area contributed by atoms with Crippen LogP contribution < -0.4 is 5.32 Å². The van der Waals surface area contributed by atoms with Gasteiger partial charge in [0.2, 0.25) is 5.91 Å². The monoisotopic (exact) mass is 222 g/mol. The number of hydrogen-bond donors (Lipinski definition) is 1. The molecule has 4 atom stereocenters. The Labute approximate surface area is 97.6 Å². The summed E-state index contributed by atoms with van der Waals surface area (Å²) in [7, 11) is 0. The third kappa shape index (κ3) is 1.65. The summed E-state index contributed by atoms with van der Waals surface area (Å²) < 4.78 is 0. The topological polar surface area (TPSA) is 32.3 Å². The Morgan fingerprint density at radius 1 is 1.31 bits per heavy atom. The molecule has 1 saturated heterocycles. The molecule has 0 aromatic carbocycles. The van der Waals surface area contributed by atoms with E-state index < -0.39 is 0 Å². The van der Waals surface area contributed by atoms with Crippen LogP contribution in [0.5, 0.6) is 0 Å². The van der Waals surface area contributed by atoms with Crippen LogP contribution in [0, 0.1) is 17.8 Å². The van der Waals surface area contributed by atoms with Crippen LogP contribution in [0.3, 0.4) is 0 Å². The van der Waals surface area contributed by atoms with Gasteiger partial charge in [0, 0.05) is 31.6 Å². The maximum atomic E-state index is 12.5. The van der Waals surface area contributed by atoms with Gasteiger partial charge in [0.1, 0.15) is 0 Å². The Kier molecular flexibility index (Phi) is 2.66. The molecule has 0 aromatic heterocycles. The van der Waals surface area contributed by atoms with Gasteiger partial charge in [0.25, 0.3) is 0 Å². The number of nitrogens with one attached hydrogen (secondary N) is 1. The summed E-state index contributed by atoms with van der Waals surface area (Å²) in [5.74, 6) is 2.43. The van der Waals surface area contributed by atoms with Gasteiger partial charge in [-0.1, -0.05) is 6.42 Å². The van der Waals surface area contributed by atoms with Gasteiger partial charge < -0.3 is 10.2 Å². The Balaban J connectivity index is 1.68. The summed E-state index contributed by atoms with van der Waals surface area (Å²) in [6.45, 7) is 5.01. The Morgan fingerprint density at radius 2 is 2.19 bits per heavy atom. The minimum absolute atomic E-state index is 0.374. The molecule has 0 aromatic rings. The van der Waals surface area contributed by atoms with Crippen molar-refractivity contribution >= 4 is 5.91 Å². The molecule has 3 aliphatic rings. The zero-order chi connectivity index (χ0) is 11.1. The average molecular weight is 222 g/mol. The maximum Gasteiger partial charge on any atom is 0.226 e. The van der Waals surface area contributed by atoms with E-state index in [1.54, 1.807) is 0 Å². The molecular formula is C13H22N2O. The van der Waals surface area contributed by atoms with Crippen LogP contribution in [-0.2, 0) is 4.79 Å². The van der Waals surface area contributed by atoms with Crippen LogP contribution in [0.15, 0.2) is 0 Å². The van der Waals surface area contributed by atoms with Crippen LogP contribution >= 0.6 is 0 Å². The molecule has 0 radical (unpaired) electrons. The highest BCUT2D eigenvalue weighted by Crippen LogP contribution is 2.49. The van der Waals surface area contributed by atoms with Gasteiger partial charge in [0.05, 0.1) is 0 Å². The molecule has 1 amide bonds. The number of amides is 1. The second kappa shape index (κ2) is 4.02. The molecule has 90 valence electrons. The lowest BCUT2D eigenvalue weighted by Gasteiger charge is -2.37. The number of rotatable bonds is 1. The highest BCUT2D eigenvalue weighted by Gasteiger charge is 2.45. The van der Waals surface area contributed by atoms with Crippen LogP contribution in [0.1, 0.15) is 32.6 Å². The minimum atomic E-state index is 0.374. The molecule has 16 heavy (non-hydrogen) atoms. The maximum absolute atomic E-state index is 12.5. The quantitative estimate of drug-likeness (QED) is 0.724. The number of hydrogen-bond acceptors (Lipinski definition) is 2. The highest BCUT2D eigenvalue weighted by atomic mass is 16.2. The molecule has 2 bridgehead atoms. The first kappa shape index (κ1) is 10.6. The number of nitrogens with zero attached hydrogens (tertiary/aromatic N) is 1. The zero-order valence-electron chi connectivity index (χ0n) is 10.1. The van der Waals surface area contributed by atoms with Crippen molar-refractivity contribution in [2.24, 2.45) is 17.8 Å². The average Bonchev–Trinajstić information content (AvgIpc) is 2.90. The van der Waals surface area contributed by atoms with E-state index in [0.717, 1.165) is 31.5 Å². The fraction of sp³-hybridized carbons (Fsp3) is 0.923. The van der Waals surface area contributed by atoms with E-state index in [0.29, 0.717) is 17.9 Å². The number of carbonyl (C=O) groups excluding carboxylic acids is 1. The van der Waals surface area contributed by atoms with E-state index in [1.807, 2.05) is 0 Å². The summed E-state index contributed by atoms with van der Waals surface area (Å²) in [5.41, 5.74) is 0. The smallest absolute Gasteiger partial charge is 0.226 e. The molecule has 2 saturated carbocycles. The van der Waals surface area contributed by atoms with Gasteiger partial charge in [-0.3, -0.25) is 4.79 Å². The first-order valence-electron chi connectivity index (χ1n) is 6.77. The van der Waals surface area contributed by atoms with Crippen molar-refractivity contribution < 1.29 is 4.79 Å². The van der Waals surface area contributed by atoms with Crippen molar-refractivity contribution in [2.45, 2.75) is 38.6 Å². The Morgan fingerprint density at radius 3 is 2.81 bits per heavy atom. The molecule has 0 spiro atoms. The zero-order valence-corrected chi connectivity index (χ0v) is 10.1. The first-order chi connectivity index (χ1) is 7.75. The van der Waals surface area contributed by atoms with Crippen molar-refractivity contribution in [1.29, 1.82) is 0 Å². The fourth-order valence-electron chi connectivity index (χ4n) is 3.93. The van der Waals surface area contributed by atoms with Crippen LogP contribution in [0.4, 0.5) is 0 Å². The number of carbonyl (C=O) groups is 1. The third-order valence-corrected chi connectivity index (χ3v) is 4.84. The standard InChI is InChI=1S/C13H22N2O/c1-9-8-14-4-5-15(9)13(16)12-7-10-2-3-11(12)6-10/h9-12,14H,2-8H2,1H3. The van der Waals surface area contributed by atoms with Crippen molar-refractivity contribution in [3.63, 3.8) is 0 Å². The molecule has 3 nitrogen and oxygen atoms in total. The van der Waals surface area contributed by atoms with Crippen LogP contribution in [0.25, 0.3) is 0 Å². The van der Waals surface area contributed by atoms with E-state index >= 15 is 0 Å². The lowest BCUT2D eigenvalue weighted by Crippen LogP contribution is -2.54. The predicted molar refractivity (Wildman–Crippen MR) is 63.0 cm³/mol. The van der Waals surface area contributed by atoms with Crippen molar-refractivity contribution in [3.05, 3.63) is 0 Å². The van der Waals surface area contributed by atoms with Gasteiger partial charge in [0.15, 0.2) is 0 Å². The SMILES string of the molecule is CC1CNCCN1C(=O)C1CC2CCC1C2. The lowest BCUT2D eigenvalue weighted by atomic mass is 9.87. The highest BCUT2D eigenvalue weighted by molar-refractivity contribution is 5.80. The second-order valence-corrected chi connectivity index (χ2v) is 5.87. The van der Waals surface area contributed by atoms with E-state index in [-0.39, 0.29) is 0 Å². The molecule has 1 aliphatic heterocycles. The van der Waals surface area contributed by atoms with E-state index in [4.69, 9.17) is 0 Å². The van der Waals surface area contributed by atoms with Crippen LogP contribution in [0.2, 0.25) is 0 Å². The van der Waals surface area contributed by atoms with Gasteiger partial charge in [-0.2, -0.15) is 0 Å². The van der Waals surface area contributed by atoms with Crippen LogP contribution in [-0.4, -0.2) is 36.5 Å².